The standard InChI is InChI=1S/C14H18N2O/c1-3-4-5-6-11-7-8-12-13(9-11)16-14(15-12)10(2)17/h5-10,17H,3-4H2,1-2H3,(H,15,16)/b6-5+. The molecule has 0 aliphatic rings. The van der Waals surface area contributed by atoms with Gasteiger partial charge in [-0.15, -0.1) is 0 Å². The number of hydrogen-bond donors (Lipinski definition) is 2. The van der Waals surface area contributed by atoms with Crippen LogP contribution in [0.2, 0.25) is 0 Å². The molecule has 0 aliphatic carbocycles. The number of aliphatic hydroxyl groups excluding tert-OH is 1. The van der Waals surface area contributed by atoms with Crippen LogP contribution in [0.25, 0.3) is 17.1 Å². The summed E-state index contributed by atoms with van der Waals surface area (Å²) in [6, 6.07) is 6.07. The van der Waals surface area contributed by atoms with Gasteiger partial charge in [0, 0.05) is 0 Å². The summed E-state index contributed by atoms with van der Waals surface area (Å²) in [7, 11) is 0. The third-order valence-electron chi connectivity index (χ3n) is 2.69. The van der Waals surface area contributed by atoms with Crippen LogP contribution in [0.15, 0.2) is 24.3 Å². The van der Waals surface area contributed by atoms with Crippen molar-refractivity contribution in [1.82, 2.24) is 9.97 Å². The molecule has 1 unspecified atom stereocenters. The molecule has 2 N–H and O–H groups in total. The van der Waals surface area contributed by atoms with Gasteiger partial charge in [-0.1, -0.05) is 31.6 Å². The van der Waals surface area contributed by atoms with Crippen LogP contribution in [0.4, 0.5) is 0 Å². The summed E-state index contributed by atoms with van der Waals surface area (Å²) in [5.41, 5.74) is 3.03. The van der Waals surface area contributed by atoms with E-state index in [4.69, 9.17) is 0 Å². The SMILES string of the molecule is CCC/C=C/c1ccc2nc(C(C)O)[nH]c2c1. The van der Waals surface area contributed by atoms with Crippen molar-refractivity contribution in [2.24, 2.45) is 0 Å². The molecule has 0 fully saturated rings. The quantitative estimate of drug-likeness (QED) is 0.845. The number of fused-ring (bicyclic) bond motifs is 1. The summed E-state index contributed by atoms with van der Waals surface area (Å²) in [6.07, 6.45) is 6.00. The number of unbranched alkanes of at least 4 members (excludes halogenated alkanes) is 1. The second-order valence-corrected chi connectivity index (χ2v) is 4.27. The zero-order chi connectivity index (χ0) is 12.3. The summed E-state index contributed by atoms with van der Waals surface area (Å²) in [5.74, 6) is 0.620. The molecular formula is C14H18N2O. The van der Waals surface area contributed by atoms with Gasteiger partial charge in [0.25, 0.3) is 0 Å². The lowest BCUT2D eigenvalue weighted by atomic mass is 10.1. The van der Waals surface area contributed by atoms with Crippen LogP contribution < -0.4 is 0 Å². The smallest absolute Gasteiger partial charge is 0.135 e. The normalized spacial score (nSPS) is 13.6. The Labute approximate surface area is 101 Å². The number of H-pyrrole nitrogens is 1. The van der Waals surface area contributed by atoms with Crippen LogP contribution in [0.3, 0.4) is 0 Å². The lowest BCUT2D eigenvalue weighted by Crippen LogP contribution is -1.92. The molecule has 90 valence electrons. The molecule has 17 heavy (non-hydrogen) atoms. The number of aromatic amines is 1. The highest BCUT2D eigenvalue weighted by molar-refractivity contribution is 5.78. The highest BCUT2D eigenvalue weighted by Gasteiger charge is 2.07. The van der Waals surface area contributed by atoms with Gasteiger partial charge in [-0.05, 0) is 31.0 Å². The topological polar surface area (TPSA) is 48.9 Å². The van der Waals surface area contributed by atoms with E-state index in [-0.39, 0.29) is 0 Å². The lowest BCUT2D eigenvalue weighted by Gasteiger charge is -1.95. The highest BCUT2D eigenvalue weighted by atomic mass is 16.3. The Morgan fingerprint density at radius 2 is 2.29 bits per heavy atom. The molecule has 0 saturated heterocycles. The number of hydrogen-bond acceptors (Lipinski definition) is 2. The molecule has 0 bridgehead atoms. The van der Waals surface area contributed by atoms with Crippen LogP contribution >= 0.6 is 0 Å². The Kier molecular flexibility index (Phi) is 3.59. The summed E-state index contributed by atoms with van der Waals surface area (Å²) < 4.78 is 0. The summed E-state index contributed by atoms with van der Waals surface area (Å²) in [6.45, 7) is 3.87. The van der Waals surface area contributed by atoms with E-state index in [0.29, 0.717) is 5.82 Å². The van der Waals surface area contributed by atoms with E-state index in [9.17, 15) is 5.11 Å². The Morgan fingerprint density at radius 1 is 1.47 bits per heavy atom. The van der Waals surface area contributed by atoms with Gasteiger partial charge in [-0.2, -0.15) is 0 Å². The van der Waals surface area contributed by atoms with Crippen molar-refractivity contribution in [3.05, 3.63) is 35.7 Å². The summed E-state index contributed by atoms with van der Waals surface area (Å²) >= 11 is 0. The Hall–Kier alpha value is -1.61. The van der Waals surface area contributed by atoms with Gasteiger partial charge in [0.1, 0.15) is 11.9 Å². The average molecular weight is 230 g/mol. The number of imidazole rings is 1. The average Bonchev–Trinajstić information content (AvgIpc) is 2.72. The van der Waals surface area contributed by atoms with Gasteiger partial charge in [-0.3, -0.25) is 0 Å². The summed E-state index contributed by atoms with van der Waals surface area (Å²) in [4.78, 5) is 7.45. The van der Waals surface area contributed by atoms with Crippen LogP contribution in [0.5, 0.6) is 0 Å². The second kappa shape index (κ2) is 5.15. The third kappa shape index (κ3) is 2.74. The predicted octanol–water partition coefficient (Wildman–Crippen LogP) is 3.43. The molecule has 0 spiro atoms. The first-order valence-electron chi connectivity index (χ1n) is 6.05. The number of nitrogens with one attached hydrogen (secondary N) is 1. The van der Waals surface area contributed by atoms with Gasteiger partial charge >= 0.3 is 0 Å². The maximum Gasteiger partial charge on any atom is 0.135 e. The molecule has 1 aromatic heterocycles. The van der Waals surface area contributed by atoms with E-state index in [0.717, 1.165) is 29.4 Å². The predicted molar refractivity (Wildman–Crippen MR) is 70.7 cm³/mol. The van der Waals surface area contributed by atoms with Crippen molar-refractivity contribution in [1.29, 1.82) is 0 Å². The fourth-order valence-electron chi connectivity index (χ4n) is 1.73. The third-order valence-corrected chi connectivity index (χ3v) is 2.69. The van der Waals surface area contributed by atoms with Crippen LogP contribution in [-0.2, 0) is 0 Å². The first kappa shape index (κ1) is 11.9. The van der Waals surface area contributed by atoms with E-state index in [1.165, 1.54) is 0 Å². The van der Waals surface area contributed by atoms with Crippen LogP contribution in [-0.4, -0.2) is 15.1 Å². The van der Waals surface area contributed by atoms with Gasteiger partial charge < -0.3 is 10.1 Å². The minimum absolute atomic E-state index is 0.554. The van der Waals surface area contributed by atoms with Gasteiger partial charge in [0.15, 0.2) is 0 Å². The first-order chi connectivity index (χ1) is 8.20. The zero-order valence-electron chi connectivity index (χ0n) is 10.3. The van der Waals surface area contributed by atoms with Crippen molar-refractivity contribution < 1.29 is 5.11 Å². The first-order valence-corrected chi connectivity index (χ1v) is 6.05. The number of benzene rings is 1. The number of rotatable bonds is 4. The highest BCUT2D eigenvalue weighted by Crippen LogP contribution is 2.18. The maximum atomic E-state index is 9.46. The monoisotopic (exact) mass is 230 g/mol. The zero-order valence-corrected chi connectivity index (χ0v) is 10.3. The molecule has 3 nitrogen and oxygen atoms in total. The van der Waals surface area contributed by atoms with Crippen LogP contribution in [0, 0.1) is 0 Å². The Morgan fingerprint density at radius 3 is 3.00 bits per heavy atom. The van der Waals surface area contributed by atoms with Crippen molar-refractivity contribution in [3.8, 4) is 0 Å². The largest absolute Gasteiger partial charge is 0.385 e. The molecule has 2 aromatic rings. The molecule has 3 heteroatoms. The molecule has 0 radical (unpaired) electrons. The molecular weight excluding hydrogens is 212 g/mol. The Bertz CT molecular complexity index is 526. The molecule has 0 amide bonds. The van der Waals surface area contributed by atoms with Crippen LogP contribution in [0.1, 0.15) is 44.2 Å². The number of aromatic nitrogens is 2. The van der Waals surface area contributed by atoms with E-state index < -0.39 is 6.10 Å². The van der Waals surface area contributed by atoms with Gasteiger partial charge in [0.2, 0.25) is 0 Å². The van der Waals surface area contributed by atoms with E-state index >= 15 is 0 Å². The maximum absolute atomic E-state index is 9.46. The van der Waals surface area contributed by atoms with Crippen molar-refractivity contribution in [2.45, 2.75) is 32.8 Å². The van der Waals surface area contributed by atoms with E-state index in [1.807, 2.05) is 12.1 Å². The molecule has 0 saturated carbocycles. The molecule has 0 aliphatic heterocycles. The van der Waals surface area contributed by atoms with Gasteiger partial charge in [-0.25, -0.2) is 4.98 Å². The second-order valence-electron chi connectivity index (χ2n) is 4.27. The summed E-state index contributed by atoms with van der Waals surface area (Å²) in [5, 5.41) is 9.46. The van der Waals surface area contributed by atoms with Crippen molar-refractivity contribution >= 4 is 17.1 Å². The molecule has 1 heterocycles. The number of nitrogens with zero attached hydrogens (tertiary/aromatic N) is 1. The fraction of sp³-hybridized carbons (Fsp3) is 0.357. The van der Waals surface area contributed by atoms with E-state index in [1.54, 1.807) is 6.92 Å². The lowest BCUT2D eigenvalue weighted by molar-refractivity contribution is 0.190. The minimum atomic E-state index is -0.554. The number of aliphatic hydroxyl groups is 1. The van der Waals surface area contributed by atoms with Gasteiger partial charge in [0.05, 0.1) is 11.0 Å². The molecule has 2 rings (SSSR count). The number of allylic oxidation sites excluding steroid dienone is 1. The van der Waals surface area contributed by atoms with E-state index in [2.05, 4.69) is 35.1 Å². The molecule has 1 aromatic carbocycles. The van der Waals surface area contributed by atoms with Crippen molar-refractivity contribution in [2.75, 3.05) is 0 Å². The fourth-order valence-corrected chi connectivity index (χ4v) is 1.73. The minimum Gasteiger partial charge on any atom is -0.385 e. The van der Waals surface area contributed by atoms with Crippen molar-refractivity contribution in [3.63, 3.8) is 0 Å². The molecule has 1 atom stereocenters. The Balaban J connectivity index is 2.30.